The standard InChI is InChI=1S/C17H29NO3/c1-2-4-16-15(3-1)18(9-10-19-16)13-14-5-7-17(8-6-14)20-11-12-21-17/h14-16H,1-13H2/t15-,16+/m1/s1. The zero-order valence-corrected chi connectivity index (χ0v) is 13.1. The van der Waals surface area contributed by atoms with Gasteiger partial charge in [0.2, 0.25) is 0 Å². The fourth-order valence-corrected chi connectivity index (χ4v) is 4.82. The van der Waals surface area contributed by atoms with Gasteiger partial charge in [-0.3, -0.25) is 4.90 Å². The Hall–Kier alpha value is -0.160. The van der Waals surface area contributed by atoms with E-state index in [1.165, 1.54) is 45.1 Å². The van der Waals surface area contributed by atoms with Crippen LogP contribution >= 0.6 is 0 Å². The molecule has 4 rings (SSSR count). The first-order valence-electron chi connectivity index (χ1n) is 8.98. The highest BCUT2D eigenvalue weighted by Gasteiger charge is 2.41. The lowest BCUT2D eigenvalue weighted by Crippen LogP contribution is -2.54. The first-order valence-corrected chi connectivity index (χ1v) is 8.98. The molecule has 4 aliphatic rings. The molecule has 0 unspecified atom stereocenters. The maximum Gasteiger partial charge on any atom is 0.168 e. The van der Waals surface area contributed by atoms with Crippen molar-refractivity contribution in [3.05, 3.63) is 0 Å². The Morgan fingerprint density at radius 2 is 1.67 bits per heavy atom. The highest BCUT2D eigenvalue weighted by molar-refractivity contribution is 4.90. The largest absolute Gasteiger partial charge is 0.375 e. The third-order valence-corrected chi connectivity index (χ3v) is 6.02. The summed E-state index contributed by atoms with van der Waals surface area (Å²) in [4.78, 5) is 2.74. The van der Waals surface area contributed by atoms with Crippen molar-refractivity contribution in [2.45, 2.75) is 69.3 Å². The average molecular weight is 295 g/mol. The van der Waals surface area contributed by atoms with Gasteiger partial charge in [0, 0.05) is 32.0 Å². The lowest BCUT2D eigenvalue weighted by Gasteiger charge is -2.46. The monoisotopic (exact) mass is 295 g/mol. The average Bonchev–Trinajstić information content (AvgIpc) is 2.99. The molecule has 2 atom stereocenters. The summed E-state index contributed by atoms with van der Waals surface area (Å²) < 4.78 is 17.7. The molecule has 120 valence electrons. The SMILES string of the molecule is C1CC[C@@H]2[C@H](C1)OCCN2CC1CCC2(CC1)OCCO2. The second-order valence-corrected chi connectivity index (χ2v) is 7.31. The summed E-state index contributed by atoms with van der Waals surface area (Å²) in [7, 11) is 0. The van der Waals surface area contributed by atoms with Crippen LogP contribution in [0.25, 0.3) is 0 Å². The molecule has 2 saturated carbocycles. The van der Waals surface area contributed by atoms with E-state index in [1.54, 1.807) is 0 Å². The Morgan fingerprint density at radius 3 is 2.48 bits per heavy atom. The van der Waals surface area contributed by atoms with Crippen LogP contribution in [0.1, 0.15) is 51.4 Å². The van der Waals surface area contributed by atoms with E-state index in [0.29, 0.717) is 12.1 Å². The van der Waals surface area contributed by atoms with Crippen LogP contribution in [0, 0.1) is 5.92 Å². The number of hydrogen-bond donors (Lipinski definition) is 0. The molecule has 21 heavy (non-hydrogen) atoms. The van der Waals surface area contributed by atoms with Gasteiger partial charge in [0.15, 0.2) is 5.79 Å². The van der Waals surface area contributed by atoms with Crippen LogP contribution in [0.4, 0.5) is 0 Å². The van der Waals surface area contributed by atoms with E-state index in [-0.39, 0.29) is 5.79 Å². The first kappa shape index (κ1) is 14.4. The van der Waals surface area contributed by atoms with Crippen LogP contribution < -0.4 is 0 Å². The van der Waals surface area contributed by atoms with Crippen molar-refractivity contribution in [2.24, 2.45) is 5.92 Å². The van der Waals surface area contributed by atoms with Gasteiger partial charge in [-0.2, -0.15) is 0 Å². The van der Waals surface area contributed by atoms with Crippen molar-refractivity contribution in [2.75, 3.05) is 32.9 Å². The van der Waals surface area contributed by atoms with Gasteiger partial charge in [0.25, 0.3) is 0 Å². The van der Waals surface area contributed by atoms with E-state index >= 15 is 0 Å². The molecule has 2 heterocycles. The summed E-state index contributed by atoms with van der Waals surface area (Å²) in [6, 6.07) is 0.697. The van der Waals surface area contributed by atoms with E-state index in [0.717, 1.165) is 45.1 Å². The summed E-state index contributed by atoms with van der Waals surface area (Å²) in [6.07, 6.45) is 10.6. The van der Waals surface area contributed by atoms with E-state index in [2.05, 4.69) is 4.90 Å². The molecule has 0 bridgehead atoms. The molecule has 2 aliphatic carbocycles. The second kappa shape index (κ2) is 6.15. The smallest absolute Gasteiger partial charge is 0.168 e. The minimum atomic E-state index is -0.200. The van der Waals surface area contributed by atoms with Crippen molar-refractivity contribution < 1.29 is 14.2 Å². The van der Waals surface area contributed by atoms with E-state index in [1.807, 2.05) is 0 Å². The Labute approximate surface area is 128 Å². The summed E-state index contributed by atoms with van der Waals surface area (Å²) in [5.74, 6) is 0.624. The van der Waals surface area contributed by atoms with Gasteiger partial charge in [-0.1, -0.05) is 12.8 Å². The molecule has 0 amide bonds. The van der Waals surface area contributed by atoms with E-state index in [4.69, 9.17) is 14.2 Å². The number of morpholine rings is 1. The molecule has 0 radical (unpaired) electrons. The zero-order valence-electron chi connectivity index (χ0n) is 13.1. The third kappa shape index (κ3) is 3.00. The Kier molecular flexibility index (Phi) is 4.23. The van der Waals surface area contributed by atoms with Crippen LogP contribution in [0.3, 0.4) is 0 Å². The van der Waals surface area contributed by atoms with Crippen molar-refractivity contribution in [1.82, 2.24) is 4.90 Å². The fraction of sp³-hybridized carbons (Fsp3) is 1.00. The predicted octanol–water partition coefficient (Wildman–Crippen LogP) is 2.56. The molecular weight excluding hydrogens is 266 g/mol. The van der Waals surface area contributed by atoms with E-state index < -0.39 is 0 Å². The lowest BCUT2D eigenvalue weighted by atomic mass is 9.83. The Balaban J connectivity index is 1.31. The normalized spacial score (nSPS) is 37.7. The number of nitrogens with zero attached hydrogens (tertiary/aromatic N) is 1. The minimum Gasteiger partial charge on any atom is -0.375 e. The molecule has 0 N–H and O–H groups in total. The maximum absolute atomic E-state index is 6.00. The highest BCUT2D eigenvalue weighted by atomic mass is 16.7. The Bertz CT molecular complexity index is 344. The molecule has 0 aromatic heterocycles. The number of hydrogen-bond acceptors (Lipinski definition) is 4. The van der Waals surface area contributed by atoms with Crippen molar-refractivity contribution >= 4 is 0 Å². The fourth-order valence-electron chi connectivity index (χ4n) is 4.82. The molecule has 4 heteroatoms. The predicted molar refractivity (Wildman–Crippen MR) is 80.2 cm³/mol. The summed E-state index contributed by atoms with van der Waals surface area (Å²) in [5.41, 5.74) is 0. The van der Waals surface area contributed by atoms with Crippen molar-refractivity contribution in [3.8, 4) is 0 Å². The van der Waals surface area contributed by atoms with Crippen LogP contribution in [0.2, 0.25) is 0 Å². The van der Waals surface area contributed by atoms with Gasteiger partial charge < -0.3 is 14.2 Å². The molecule has 2 saturated heterocycles. The van der Waals surface area contributed by atoms with Gasteiger partial charge in [0.05, 0.1) is 25.9 Å². The van der Waals surface area contributed by atoms with Crippen LogP contribution in [-0.2, 0) is 14.2 Å². The summed E-state index contributed by atoms with van der Waals surface area (Å²) >= 11 is 0. The van der Waals surface area contributed by atoms with Gasteiger partial charge in [-0.15, -0.1) is 0 Å². The second-order valence-electron chi connectivity index (χ2n) is 7.31. The summed E-state index contributed by atoms with van der Waals surface area (Å²) in [6.45, 7) is 4.91. The molecule has 0 aromatic carbocycles. The first-order chi connectivity index (χ1) is 10.3. The molecule has 0 aromatic rings. The number of fused-ring (bicyclic) bond motifs is 1. The molecule has 1 spiro atoms. The van der Waals surface area contributed by atoms with Gasteiger partial charge in [-0.25, -0.2) is 0 Å². The number of ether oxygens (including phenoxy) is 3. The lowest BCUT2D eigenvalue weighted by molar-refractivity contribution is -0.184. The van der Waals surface area contributed by atoms with E-state index in [9.17, 15) is 0 Å². The van der Waals surface area contributed by atoms with Crippen molar-refractivity contribution in [1.29, 1.82) is 0 Å². The minimum absolute atomic E-state index is 0.200. The third-order valence-electron chi connectivity index (χ3n) is 6.02. The van der Waals surface area contributed by atoms with Crippen LogP contribution in [0.5, 0.6) is 0 Å². The van der Waals surface area contributed by atoms with Crippen molar-refractivity contribution in [3.63, 3.8) is 0 Å². The maximum atomic E-state index is 6.00. The molecule has 2 aliphatic heterocycles. The number of rotatable bonds is 2. The molecule has 4 fully saturated rings. The molecule has 4 nitrogen and oxygen atoms in total. The topological polar surface area (TPSA) is 30.9 Å². The van der Waals surface area contributed by atoms with Gasteiger partial charge in [-0.05, 0) is 31.6 Å². The zero-order chi connectivity index (χ0) is 14.1. The Morgan fingerprint density at radius 1 is 0.905 bits per heavy atom. The highest BCUT2D eigenvalue weighted by Crippen LogP contribution is 2.39. The van der Waals surface area contributed by atoms with Crippen LogP contribution in [0.15, 0.2) is 0 Å². The quantitative estimate of drug-likeness (QED) is 0.783. The van der Waals surface area contributed by atoms with Gasteiger partial charge in [0.1, 0.15) is 0 Å². The van der Waals surface area contributed by atoms with Gasteiger partial charge >= 0.3 is 0 Å². The summed E-state index contributed by atoms with van der Waals surface area (Å²) in [5, 5.41) is 0. The molecular formula is C17H29NO3. The van der Waals surface area contributed by atoms with Crippen LogP contribution in [-0.4, -0.2) is 55.7 Å².